The molecule has 3 rings (SSSR count). The minimum Gasteiger partial charge on any atom is -0.478 e. The first-order valence-electron chi connectivity index (χ1n) is 8.78. The molecule has 0 aliphatic rings. The van der Waals surface area contributed by atoms with Crippen molar-refractivity contribution in [2.45, 2.75) is 4.90 Å². The van der Waals surface area contributed by atoms with Crippen LogP contribution in [0.25, 0.3) is 0 Å². The fraction of sp³-hybridized carbons (Fsp3) is 0.0476. The predicted octanol–water partition coefficient (Wildman–Crippen LogP) is 4.77. The zero-order chi connectivity index (χ0) is 22.8. The van der Waals surface area contributed by atoms with E-state index in [1.807, 2.05) is 0 Å². The Balaban J connectivity index is 1.96. The number of para-hydroxylation sites is 1. The number of carboxylic acid groups (broad SMARTS) is 1. The van der Waals surface area contributed by atoms with Crippen LogP contribution in [-0.4, -0.2) is 32.4 Å². The van der Waals surface area contributed by atoms with Crippen LogP contribution in [0.5, 0.6) is 0 Å². The van der Waals surface area contributed by atoms with Crippen LogP contribution in [0.2, 0.25) is 10.0 Å². The van der Waals surface area contributed by atoms with Crippen molar-refractivity contribution in [2.75, 3.05) is 16.7 Å². The molecule has 0 radical (unpaired) electrons. The summed E-state index contributed by atoms with van der Waals surface area (Å²) >= 11 is 11.9. The maximum absolute atomic E-state index is 13.0. The summed E-state index contributed by atoms with van der Waals surface area (Å²) < 4.78 is 28.0. The number of anilines is 2. The van der Waals surface area contributed by atoms with Gasteiger partial charge in [-0.15, -0.1) is 0 Å². The topological polar surface area (TPSA) is 104 Å². The lowest BCUT2D eigenvalue weighted by Crippen LogP contribution is -2.28. The first-order valence-corrected chi connectivity index (χ1v) is 11.0. The fourth-order valence-corrected chi connectivity index (χ4v) is 4.53. The Morgan fingerprint density at radius 1 is 0.968 bits per heavy atom. The van der Waals surface area contributed by atoms with Gasteiger partial charge in [-0.05, 0) is 54.6 Å². The summed E-state index contributed by atoms with van der Waals surface area (Å²) in [6.07, 6.45) is 0. The Hall–Kier alpha value is -3.07. The van der Waals surface area contributed by atoms with Gasteiger partial charge in [-0.1, -0.05) is 35.3 Å². The molecule has 0 aliphatic heterocycles. The molecule has 0 bridgehead atoms. The van der Waals surface area contributed by atoms with Gasteiger partial charge >= 0.3 is 5.97 Å². The molecule has 1 amide bonds. The highest BCUT2D eigenvalue weighted by Gasteiger charge is 2.24. The van der Waals surface area contributed by atoms with E-state index in [-0.39, 0.29) is 32.4 Å². The van der Waals surface area contributed by atoms with Gasteiger partial charge in [0, 0.05) is 23.3 Å². The minimum atomic E-state index is -4.11. The zero-order valence-electron chi connectivity index (χ0n) is 16.0. The molecule has 3 aromatic carbocycles. The summed E-state index contributed by atoms with van der Waals surface area (Å²) in [5.41, 5.74) is 0.386. The first kappa shape index (κ1) is 22.6. The molecular formula is C21H16Cl2N2O5S. The summed E-state index contributed by atoms with van der Waals surface area (Å²) in [6, 6.07) is 15.8. The van der Waals surface area contributed by atoms with E-state index < -0.39 is 21.9 Å². The number of benzene rings is 3. The van der Waals surface area contributed by atoms with E-state index in [1.165, 1.54) is 55.6 Å². The number of nitrogens with one attached hydrogen (secondary N) is 1. The average molecular weight is 479 g/mol. The zero-order valence-corrected chi connectivity index (χ0v) is 18.4. The van der Waals surface area contributed by atoms with Crippen molar-refractivity contribution >= 4 is 56.5 Å². The van der Waals surface area contributed by atoms with Crippen LogP contribution >= 0.6 is 23.2 Å². The molecule has 3 aromatic rings. The summed E-state index contributed by atoms with van der Waals surface area (Å²) in [6.45, 7) is 0. The van der Waals surface area contributed by atoms with Gasteiger partial charge in [-0.2, -0.15) is 0 Å². The van der Waals surface area contributed by atoms with E-state index in [9.17, 15) is 23.1 Å². The second-order valence-electron chi connectivity index (χ2n) is 6.44. The molecule has 2 N–H and O–H groups in total. The fourth-order valence-electron chi connectivity index (χ4n) is 2.82. The number of hydrogen-bond acceptors (Lipinski definition) is 4. The van der Waals surface area contributed by atoms with Crippen molar-refractivity contribution in [2.24, 2.45) is 0 Å². The second kappa shape index (κ2) is 8.97. The molecule has 10 heteroatoms. The number of halogens is 2. The second-order valence-corrected chi connectivity index (χ2v) is 8.94. The predicted molar refractivity (Wildman–Crippen MR) is 120 cm³/mol. The highest BCUT2D eigenvalue weighted by atomic mass is 35.5. The van der Waals surface area contributed by atoms with Gasteiger partial charge in [-0.3, -0.25) is 9.52 Å². The Morgan fingerprint density at radius 2 is 1.61 bits per heavy atom. The summed E-state index contributed by atoms with van der Waals surface area (Å²) in [5, 5.41) is 9.73. The van der Waals surface area contributed by atoms with E-state index in [4.69, 9.17) is 23.2 Å². The lowest BCUT2D eigenvalue weighted by molar-refractivity contribution is 0.0697. The third-order valence-electron chi connectivity index (χ3n) is 4.36. The smallest absolute Gasteiger partial charge is 0.337 e. The molecule has 0 unspecified atom stereocenters. The summed E-state index contributed by atoms with van der Waals surface area (Å²) in [7, 11) is -2.71. The normalized spacial score (nSPS) is 11.1. The van der Waals surface area contributed by atoms with E-state index in [0.717, 1.165) is 11.0 Å². The number of nitrogens with zero attached hydrogens (tertiary/aromatic N) is 1. The SMILES string of the molecule is CN(C(=O)c1ccc(Cl)c(S(=O)(=O)Nc2ccc(Cl)cc2)c1)c1ccccc1C(=O)O. The molecule has 0 aromatic heterocycles. The molecule has 0 aliphatic carbocycles. The standard InChI is InChI=1S/C21H16Cl2N2O5S/c1-25(18-5-3-2-4-16(18)21(27)28)20(26)13-6-11-17(23)19(12-13)31(29,30)24-15-9-7-14(22)8-10-15/h2-12,24H,1H3,(H,27,28). The van der Waals surface area contributed by atoms with Crippen molar-refractivity contribution in [3.63, 3.8) is 0 Å². The van der Waals surface area contributed by atoms with Crippen LogP contribution in [-0.2, 0) is 10.0 Å². The monoisotopic (exact) mass is 478 g/mol. The molecule has 0 fully saturated rings. The number of aromatic carboxylic acids is 1. The highest BCUT2D eigenvalue weighted by Crippen LogP contribution is 2.27. The number of rotatable bonds is 6. The molecule has 0 heterocycles. The van der Waals surface area contributed by atoms with Crippen LogP contribution in [0.1, 0.15) is 20.7 Å². The van der Waals surface area contributed by atoms with Gasteiger partial charge in [-0.25, -0.2) is 13.2 Å². The maximum atomic E-state index is 13.0. The van der Waals surface area contributed by atoms with Crippen molar-refractivity contribution in [1.29, 1.82) is 0 Å². The lowest BCUT2D eigenvalue weighted by atomic mass is 10.1. The van der Waals surface area contributed by atoms with Crippen LogP contribution in [0.4, 0.5) is 11.4 Å². The first-order chi connectivity index (χ1) is 14.6. The molecule has 31 heavy (non-hydrogen) atoms. The van der Waals surface area contributed by atoms with E-state index >= 15 is 0 Å². The van der Waals surface area contributed by atoms with E-state index in [1.54, 1.807) is 12.1 Å². The molecule has 0 saturated heterocycles. The molecule has 0 spiro atoms. The quantitative estimate of drug-likeness (QED) is 0.530. The number of sulfonamides is 1. The number of hydrogen-bond donors (Lipinski definition) is 2. The number of carbonyl (C=O) groups excluding carboxylic acids is 1. The largest absolute Gasteiger partial charge is 0.478 e. The number of amides is 1. The van der Waals surface area contributed by atoms with E-state index in [0.29, 0.717) is 5.02 Å². The third-order valence-corrected chi connectivity index (χ3v) is 6.48. The maximum Gasteiger partial charge on any atom is 0.337 e. The number of carbonyl (C=O) groups is 2. The van der Waals surface area contributed by atoms with Crippen molar-refractivity contribution < 1.29 is 23.1 Å². The Labute approximate surface area is 188 Å². The Kier molecular flexibility index (Phi) is 6.54. The molecule has 160 valence electrons. The van der Waals surface area contributed by atoms with Gasteiger partial charge in [0.2, 0.25) is 0 Å². The highest BCUT2D eigenvalue weighted by molar-refractivity contribution is 7.92. The van der Waals surface area contributed by atoms with Gasteiger partial charge in [0.1, 0.15) is 4.90 Å². The number of carboxylic acids is 1. The third kappa shape index (κ3) is 4.99. The molecule has 0 saturated carbocycles. The van der Waals surface area contributed by atoms with Crippen molar-refractivity contribution in [3.05, 3.63) is 87.9 Å². The summed E-state index contributed by atoms with van der Waals surface area (Å²) in [4.78, 5) is 25.3. The summed E-state index contributed by atoms with van der Waals surface area (Å²) in [5.74, 6) is -1.80. The Bertz CT molecular complexity index is 1260. The average Bonchev–Trinajstić information content (AvgIpc) is 2.74. The van der Waals surface area contributed by atoms with Gasteiger partial charge < -0.3 is 10.0 Å². The molecule has 7 nitrogen and oxygen atoms in total. The van der Waals surface area contributed by atoms with Crippen molar-refractivity contribution in [1.82, 2.24) is 0 Å². The van der Waals surface area contributed by atoms with Crippen molar-refractivity contribution in [3.8, 4) is 0 Å². The van der Waals surface area contributed by atoms with Gasteiger partial charge in [0.25, 0.3) is 15.9 Å². The van der Waals surface area contributed by atoms with Crippen LogP contribution in [0, 0.1) is 0 Å². The van der Waals surface area contributed by atoms with Gasteiger partial charge in [0.05, 0.1) is 16.3 Å². The Morgan fingerprint density at radius 3 is 2.26 bits per heavy atom. The molecular weight excluding hydrogens is 463 g/mol. The van der Waals surface area contributed by atoms with Crippen LogP contribution < -0.4 is 9.62 Å². The van der Waals surface area contributed by atoms with Crippen LogP contribution in [0.15, 0.2) is 71.6 Å². The lowest BCUT2D eigenvalue weighted by Gasteiger charge is -2.20. The minimum absolute atomic E-state index is 0.0172. The molecule has 0 atom stereocenters. The van der Waals surface area contributed by atoms with E-state index in [2.05, 4.69) is 4.72 Å². The van der Waals surface area contributed by atoms with Gasteiger partial charge in [0.15, 0.2) is 0 Å². The van der Waals surface area contributed by atoms with Crippen LogP contribution in [0.3, 0.4) is 0 Å².